The lowest BCUT2D eigenvalue weighted by Gasteiger charge is -2.13. The minimum Gasteiger partial charge on any atom is -0.380 e. The molecular weight excluding hydrogens is 342 g/mol. The molecule has 1 rings (SSSR count). The van der Waals surface area contributed by atoms with Crippen LogP contribution >= 0.6 is 12.4 Å². The van der Waals surface area contributed by atoms with Gasteiger partial charge in [-0.25, -0.2) is 8.42 Å². The van der Waals surface area contributed by atoms with Crippen molar-refractivity contribution in [1.29, 1.82) is 0 Å². The number of hydrogen-bond donors (Lipinski definition) is 3. The molecular formula is C14H24ClN3O4S. The van der Waals surface area contributed by atoms with Crippen molar-refractivity contribution in [1.82, 2.24) is 0 Å². The molecule has 0 radical (unpaired) electrons. The van der Waals surface area contributed by atoms with Gasteiger partial charge in [-0.3, -0.25) is 9.52 Å². The SMILES string of the molecule is CCCS(=O)(=O)Nc1ccc(NC(=O)CC(CN)OC)cc1.Cl. The van der Waals surface area contributed by atoms with E-state index in [1.54, 1.807) is 31.2 Å². The van der Waals surface area contributed by atoms with Crippen molar-refractivity contribution in [2.45, 2.75) is 25.9 Å². The normalized spacial score (nSPS) is 12.1. The van der Waals surface area contributed by atoms with Gasteiger partial charge >= 0.3 is 0 Å². The van der Waals surface area contributed by atoms with Crippen LogP contribution in [0, 0.1) is 0 Å². The first-order chi connectivity index (χ1) is 10.4. The monoisotopic (exact) mass is 365 g/mol. The second-order valence-corrected chi connectivity index (χ2v) is 6.69. The summed E-state index contributed by atoms with van der Waals surface area (Å²) in [6.45, 7) is 2.06. The van der Waals surface area contributed by atoms with Crippen molar-refractivity contribution in [2.24, 2.45) is 5.73 Å². The summed E-state index contributed by atoms with van der Waals surface area (Å²) in [6.07, 6.45) is 0.392. The first-order valence-corrected chi connectivity index (χ1v) is 8.68. The molecule has 0 fully saturated rings. The summed E-state index contributed by atoms with van der Waals surface area (Å²) in [5.74, 6) is -0.139. The highest BCUT2D eigenvalue weighted by atomic mass is 35.5. The number of nitrogens with two attached hydrogens (primary N) is 1. The van der Waals surface area contributed by atoms with Crippen LogP contribution in [0.15, 0.2) is 24.3 Å². The number of carbonyl (C=O) groups excluding carboxylic acids is 1. The number of benzene rings is 1. The standard InChI is InChI=1S/C14H23N3O4S.ClH/c1-3-8-22(19,20)17-12-6-4-11(5-7-12)16-14(18)9-13(10-15)21-2;/h4-7,13,17H,3,8-10,15H2,1-2H3,(H,16,18);1H. The zero-order valence-electron chi connectivity index (χ0n) is 13.2. The molecule has 132 valence electrons. The number of carbonyl (C=O) groups is 1. The maximum Gasteiger partial charge on any atom is 0.232 e. The molecule has 0 aliphatic carbocycles. The van der Waals surface area contributed by atoms with Gasteiger partial charge in [0.1, 0.15) is 0 Å². The third kappa shape index (κ3) is 8.17. The Balaban J connectivity index is 0.00000484. The minimum absolute atomic E-state index is 0. The summed E-state index contributed by atoms with van der Waals surface area (Å²) in [5, 5.41) is 2.70. The Bertz CT molecular complexity index is 574. The maximum atomic E-state index is 11.8. The summed E-state index contributed by atoms with van der Waals surface area (Å²) in [5.41, 5.74) is 6.50. The molecule has 0 aliphatic rings. The van der Waals surface area contributed by atoms with Gasteiger partial charge in [0, 0.05) is 25.0 Å². The molecule has 0 spiro atoms. The number of rotatable bonds is 9. The third-order valence-corrected chi connectivity index (χ3v) is 4.42. The van der Waals surface area contributed by atoms with Gasteiger partial charge in [0.2, 0.25) is 15.9 Å². The number of anilines is 2. The van der Waals surface area contributed by atoms with Crippen molar-refractivity contribution in [2.75, 3.05) is 29.4 Å². The van der Waals surface area contributed by atoms with E-state index < -0.39 is 10.0 Å². The molecule has 1 atom stereocenters. The molecule has 0 saturated heterocycles. The van der Waals surface area contributed by atoms with E-state index in [9.17, 15) is 13.2 Å². The summed E-state index contributed by atoms with van der Waals surface area (Å²) < 4.78 is 30.8. The summed E-state index contributed by atoms with van der Waals surface area (Å²) >= 11 is 0. The van der Waals surface area contributed by atoms with Gasteiger partial charge < -0.3 is 15.8 Å². The van der Waals surface area contributed by atoms with Crippen LogP contribution in [0.1, 0.15) is 19.8 Å². The number of hydrogen-bond acceptors (Lipinski definition) is 5. The Hall–Kier alpha value is -1.35. The molecule has 23 heavy (non-hydrogen) atoms. The topological polar surface area (TPSA) is 111 Å². The second kappa shape index (κ2) is 10.4. The predicted molar refractivity (Wildman–Crippen MR) is 94.5 cm³/mol. The first kappa shape index (κ1) is 21.6. The molecule has 9 heteroatoms. The second-order valence-electron chi connectivity index (χ2n) is 4.84. The number of methoxy groups -OCH3 is 1. The summed E-state index contributed by atoms with van der Waals surface area (Å²) in [7, 11) is -1.81. The Kier molecular flexibility index (Phi) is 9.82. The van der Waals surface area contributed by atoms with Crippen molar-refractivity contribution in [3.63, 3.8) is 0 Å². The average Bonchev–Trinajstić information content (AvgIpc) is 2.46. The molecule has 0 aromatic heterocycles. The molecule has 0 aliphatic heterocycles. The van der Waals surface area contributed by atoms with E-state index in [2.05, 4.69) is 10.0 Å². The van der Waals surface area contributed by atoms with E-state index in [-0.39, 0.29) is 43.1 Å². The lowest BCUT2D eigenvalue weighted by molar-refractivity contribution is -0.118. The minimum atomic E-state index is -3.31. The van der Waals surface area contributed by atoms with Crippen LogP contribution in [0.2, 0.25) is 0 Å². The largest absolute Gasteiger partial charge is 0.380 e. The lowest BCUT2D eigenvalue weighted by atomic mass is 10.2. The zero-order valence-corrected chi connectivity index (χ0v) is 14.9. The van der Waals surface area contributed by atoms with Crippen LogP contribution in [0.5, 0.6) is 0 Å². The Morgan fingerprint density at radius 2 is 1.83 bits per heavy atom. The van der Waals surface area contributed by atoms with E-state index >= 15 is 0 Å². The van der Waals surface area contributed by atoms with Crippen LogP contribution in [0.25, 0.3) is 0 Å². The van der Waals surface area contributed by atoms with Gasteiger partial charge in [-0.2, -0.15) is 0 Å². The quantitative estimate of drug-likeness (QED) is 0.615. The molecule has 7 nitrogen and oxygen atoms in total. The van der Waals surface area contributed by atoms with Gasteiger partial charge in [-0.05, 0) is 30.7 Å². The Morgan fingerprint density at radius 3 is 2.30 bits per heavy atom. The van der Waals surface area contributed by atoms with Gasteiger partial charge in [0.25, 0.3) is 0 Å². The van der Waals surface area contributed by atoms with Gasteiger partial charge in [0.15, 0.2) is 0 Å². The van der Waals surface area contributed by atoms with Crippen molar-refractivity contribution < 1.29 is 17.9 Å². The fourth-order valence-corrected chi connectivity index (χ4v) is 2.94. The highest BCUT2D eigenvalue weighted by molar-refractivity contribution is 7.92. The van der Waals surface area contributed by atoms with Gasteiger partial charge in [-0.1, -0.05) is 6.92 Å². The van der Waals surface area contributed by atoms with Crippen molar-refractivity contribution >= 4 is 39.7 Å². The average molecular weight is 366 g/mol. The number of ether oxygens (including phenoxy) is 1. The number of nitrogens with one attached hydrogen (secondary N) is 2. The van der Waals surface area contributed by atoms with E-state index in [1.165, 1.54) is 7.11 Å². The summed E-state index contributed by atoms with van der Waals surface area (Å²) in [4.78, 5) is 11.8. The molecule has 1 amide bonds. The molecule has 0 bridgehead atoms. The molecule has 0 saturated carbocycles. The number of amides is 1. The molecule has 1 aromatic rings. The highest BCUT2D eigenvalue weighted by Gasteiger charge is 2.12. The number of halogens is 1. The van der Waals surface area contributed by atoms with Crippen LogP contribution < -0.4 is 15.8 Å². The van der Waals surface area contributed by atoms with Crippen LogP contribution in [0.3, 0.4) is 0 Å². The van der Waals surface area contributed by atoms with Crippen LogP contribution in [0.4, 0.5) is 11.4 Å². The molecule has 1 unspecified atom stereocenters. The summed E-state index contributed by atoms with van der Waals surface area (Å²) in [6, 6.07) is 6.46. The van der Waals surface area contributed by atoms with Gasteiger partial charge in [-0.15, -0.1) is 12.4 Å². The van der Waals surface area contributed by atoms with E-state index in [0.717, 1.165) is 0 Å². The van der Waals surface area contributed by atoms with Crippen LogP contribution in [-0.4, -0.2) is 39.8 Å². The Morgan fingerprint density at radius 1 is 1.26 bits per heavy atom. The van der Waals surface area contributed by atoms with Gasteiger partial charge in [0.05, 0.1) is 18.3 Å². The molecule has 0 heterocycles. The van der Waals surface area contributed by atoms with Crippen LogP contribution in [-0.2, 0) is 19.6 Å². The third-order valence-electron chi connectivity index (χ3n) is 2.92. The smallest absolute Gasteiger partial charge is 0.232 e. The molecule has 1 aromatic carbocycles. The maximum absolute atomic E-state index is 11.8. The van der Waals surface area contributed by atoms with Crippen molar-refractivity contribution in [3.05, 3.63) is 24.3 Å². The zero-order chi connectivity index (χ0) is 16.6. The van der Waals surface area contributed by atoms with E-state index in [0.29, 0.717) is 17.8 Å². The lowest BCUT2D eigenvalue weighted by Crippen LogP contribution is -2.28. The van der Waals surface area contributed by atoms with Crippen molar-refractivity contribution in [3.8, 4) is 0 Å². The number of sulfonamides is 1. The fraction of sp³-hybridized carbons (Fsp3) is 0.500. The van der Waals surface area contributed by atoms with E-state index in [1.807, 2.05) is 0 Å². The highest BCUT2D eigenvalue weighted by Crippen LogP contribution is 2.15. The fourth-order valence-electron chi connectivity index (χ4n) is 1.80. The molecule has 4 N–H and O–H groups in total. The predicted octanol–water partition coefficient (Wildman–Crippen LogP) is 1.56. The first-order valence-electron chi connectivity index (χ1n) is 7.03. The van der Waals surface area contributed by atoms with E-state index in [4.69, 9.17) is 10.5 Å². The Labute approximate surface area is 143 Å².